The Bertz CT molecular complexity index is 643. The summed E-state index contributed by atoms with van der Waals surface area (Å²) in [5.74, 6) is 1.64. The first kappa shape index (κ1) is 15.4. The van der Waals surface area contributed by atoms with Crippen LogP contribution >= 0.6 is 0 Å². The molecule has 0 aliphatic carbocycles. The average Bonchev–Trinajstić information content (AvgIpc) is 3.14. The van der Waals surface area contributed by atoms with Crippen LogP contribution in [-0.4, -0.2) is 50.3 Å². The van der Waals surface area contributed by atoms with Crippen LogP contribution in [0.1, 0.15) is 26.2 Å². The van der Waals surface area contributed by atoms with Gasteiger partial charge in [0.25, 0.3) is 0 Å². The number of nitrogens with zero attached hydrogens (tertiary/aromatic N) is 6. The standard InChI is InChI=1S/C15H21N7O/c1-2-5-17-15(23)12-4-3-6-21(8-12)13-7-14(19-10-18-13)22-11-16-9-20-22/h7,9-12H,2-6,8H2,1H3,(H,17,23). The summed E-state index contributed by atoms with van der Waals surface area (Å²) in [4.78, 5) is 26.8. The van der Waals surface area contributed by atoms with Crippen molar-refractivity contribution in [2.75, 3.05) is 24.5 Å². The molecule has 0 aromatic carbocycles. The lowest BCUT2D eigenvalue weighted by atomic mass is 9.97. The number of amides is 1. The topological polar surface area (TPSA) is 88.8 Å². The lowest BCUT2D eigenvalue weighted by Gasteiger charge is -2.32. The van der Waals surface area contributed by atoms with Crippen LogP contribution in [0.15, 0.2) is 25.0 Å². The minimum Gasteiger partial charge on any atom is -0.356 e. The normalized spacial score (nSPS) is 18.0. The van der Waals surface area contributed by atoms with E-state index in [4.69, 9.17) is 0 Å². The number of piperidine rings is 1. The largest absolute Gasteiger partial charge is 0.356 e. The van der Waals surface area contributed by atoms with E-state index in [2.05, 4.69) is 37.2 Å². The van der Waals surface area contributed by atoms with Crippen molar-refractivity contribution in [3.05, 3.63) is 25.0 Å². The second kappa shape index (κ2) is 7.17. The second-order valence-electron chi connectivity index (χ2n) is 5.65. The molecule has 1 atom stereocenters. The number of carbonyl (C=O) groups is 1. The Morgan fingerprint density at radius 2 is 2.22 bits per heavy atom. The van der Waals surface area contributed by atoms with Gasteiger partial charge >= 0.3 is 0 Å². The van der Waals surface area contributed by atoms with Gasteiger partial charge in [0, 0.05) is 25.7 Å². The smallest absolute Gasteiger partial charge is 0.224 e. The minimum absolute atomic E-state index is 0.0140. The van der Waals surface area contributed by atoms with Crippen LogP contribution in [-0.2, 0) is 4.79 Å². The first-order chi connectivity index (χ1) is 11.3. The Morgan fingerprint density at radius 3 is 3.00 bits per heavy atom. The number of nitrogens with one attached hydrogen (secondary N) is 1. The number of hydrogen-bond donors (Lipinski definition) is 1. The molecule has 8 nitrogen and oxygen atoms in total. The van der Waals surface area contributed by atoms with Crippen LogP contribution in [0.25, 0.3) is 5.82 Å². The third-order valence-corrected chi connectivity index (χ3v) is 3.96. The number of rotatable bonds is 5. The Morgan fingerprint density at radius 1 is 1.35 bits per heavy atom. The zero-order valence-electron chi connectivity index (χ0n) is 13.2. The number of aromatic nitrogens is 5. The van der Waals surface area contributed by atoms with E-state index in [-0.39, 0.29) is 11.8 Å². The SMILES string of the molecule is CCCNC(=O)C1CCCN(c2cc(-n3cncn3)ncn2)C1. The molecule has 0 radical (unpaired) electrons. The van der Waals surface area contributed by atoms with E-state index in [1.165, 1.54) is 12.7 Å². The molecule has 23 heavy (non-hydrogen) atoms. The Kier molecular flexibility index (Phi) is 4.80. The fourth-order valence-corrected chi connectivity index (χ4v) is 2.75. The van der Waals surface area contributed by atoms with Crippen LogP contribution < -0.4 is 10.2 Å². The molecule has 1 fully saturated rings. The van der Waals surface area contributed by atoms with Crippen molar-refractivity contribution in [2.45, 2.75) is 26.2 Å². The summed E-state index contributed by atoms with van der Waals surface area (Å²) in [6.45, 7) is 4.37. The fourth-order valence-electron chi connectivity index (χ4n) is 2.75. The van der Waals surface area contributed by atoms with E-state index in [1.807, 2.05) is 6.07 Å². The fraction of sp³-hybridized carbons (Fsp3) is 0.533. The molecular weight excluding hydrogens is 294 g/mol. The highest BCUT2D eigenvalue weighted by atomic mass is 16.1. The first-order valence-corrected chi connectivity index (χ1v) is 7.97. The van der Waals surface area contributed by atoms with Gasteiger partial charge in [0.05, 0.1) is 5.92 Å². The molecule has 1 saturated heterocycles. The van der Waals surface area contributed by atoms with Crippen molar-refractivity contribution >= 4 is 11.7 Å². The molecule has 1 aliphatic heterocycles. The molecule has 2 aromatic rings. The Hall–Kier alpha value is -2.51. The van der Waals surface area contributed by atoms with E-state index in [0.717, 1.165) is 38.2 Å². The van der Waals surface area contributed by atoms with E-state index in [9.17, 15) is 4.79 Å². The van der Waals surface area contributed by atoms with Gasteiger partial charge in [0.15, 0.2) is 5.82 Å². The highest BCUT2D eigenvalue weighted by Gasteiger charge is 2.26. The van der Waals surface area contributed by atoms with Gasteiger partial charge in [-0.1, -0.05) is 6.92 Å². The summed E-state index contributed by atoms with van der Waals surface area (Å²) in [6.07, 6.45) is 7.45. The molecule has 2 aromatic heterocycles. The van der Waals surface area contributed by atoms with Crippen molar-refractivity contribution in [1.29, 1.82) is 0 Å². The molecule has 0 bridgehead atoms. The lowest BCUT2D eigenvalue weighted by molar-refractivity contribution is -0.125. The van der Waals surface area contributed by atoms with Gasteiger partial charge in [0.2, 0.25) is 5.91 Å². The molecular formula is C15H21N7O. The third-order valence-electron chi connectivity index (χ3n) is 3.96. The first-order valence-electron chi connectivity index (χ1n) is 7.97. The van der Waals surface area contributed by atoms with Crippen LogP contribution in [0.5, 0.6) is 0 Å². The maximum atomic E-state index is 12.2. The van der Waals surface area contributed by atoms with Crippen LogP contribution in [0.4, 0.5) is 5.82 Å². The highest BCUT2D eigenvalue weighted by Crippen LogP contribution is 2.22. The number of anilines is 1. The average molecular weight is 315 g/mol. The van der Waals surface area contributed by atoms with Gasteiger partial charge in [0.1, 0.15) is 24.8 Å². The maximum absolute atomic E-state index is 12.2. The van der Waals surface area contributed by atoms with E-state index in [1.54, 1.807) is 11.0 Å². The van der Waals surface area contributed by atoms with E-state index in [0.29, 0.717) is 12.4 Å². The molecule has 0 saturated carbocycles. The summed E-state index contributed by atoms with van der Waals surface area (Å²) < 4.78 is 1.60. The van der Waals surface area contributed by atoms with Gasteiger partial charge in [-0.05, 0) is 19.3 Å². The summed E-state index contributed by atoms with van der Waals surface area (Å²) in [5, 5.41) is 7.07. The molecule has 1 N–H and O–H groups in total. The number of hydrogen-bond acceptors (Lipinski definition) is 6. The Labute approximate surface area is 135 Å². The van der Waals surface area contributed by atoms with Crippen molar-refractivity contribution in [3.8, 4) is 5.82 Å². The van der Waals surface area contributed by atoms with E-state index < -0.39 is 0 Å². The van der Waals surface area contributed by atoms with E-state index >= 15 is 0 Å². The second-order valence-corrected chi connectivity index (χ2v) is 5.65. The molecule has 1 aliphatic rings. The van der Waals surface area contributed by atoms with Crippen molar-refractivity contribution in [2.24, 2.45) is 5.92 Å². The molecule has 122 valence electrons. The molecule has 3 rings (SSSR count). The van der Waals surface area contributed by atoms with Crippen LogP contribution in [0.3, 0.4) is 0 Å². The maximum Gasteiger partial charge on any atom is 0.224 e. The minimum atomic E-state index is 0.0140. The third kappa shape index (κ3) is 3.64. The van der Waals surface area contributed by atoms with Crippen molar-refractivity contribution < 1.29 is 4.79 Å². The molecule has 0 spiro atoms. The van der Waals surface area contributed by atoms with Crippen molar-refractivity contribution in [1.82, 2.24) is 30.0 Å². The highest BCUT2D eigenvalue weighted by molar-refractivity contribution is 5.79. The predicted molar refractivity (Wildman–Crippen MR) is 85.2 cm³/mol. The van der Waals surface area contributed by atoms with Crippen LogP contribution in [0, 0.1) is 5.92 Å². The summed E-state index contributed by atoms with van der Waals surface area (Å²) >= 11 is 0. The van der Waals surface area contributed by atoms with Crippen LogP contribution in [0.2, 0.25) is 0 Å². The quantitative estimate of drug-likeness (QED) is 0.878. The summed E-state index contributed by atoms with van der Waals surface area (Å²) in [6, 6.07) is 1.88. The van der Waals surface area contributed by atoms with Gasteiger partial charge in [-0.2, -0.15) is 5.10 Å². The summed E-state index contributed by atoms with van der Waals surface area (Å²) in [5.41, 5.74) is 0. The summed E-state index contributed by atoms with van der Waals surface area (Å²) in [7, 11) is 0. The van der Waals surface area contributed by atoms with Gasteiger partial charge in [-0.25, -0.2) is 19.6 Å². The molecule has 1 unspecified atom stereocenters. The zero-order valence-corrected chi connectivity index (χ0v) is 13.2. The lowest BCUT2D eigenvalue weighted by Crippen LogP contribution is -2.43. The molecule has 1 amide bonds. The monoisotopic (exact) mass is 315 g/mol. The zero-order chi connectivity index (χ0) is 16.1. The molecule has 8 heteroatoms. The predicted octanol–water partition coefficient (Wildman–Crippen LogP) is 0.800. The van der Waals surface area contributed by atoms with Gasteiger partial charge < -0.3 is 10.2 Å². The number of carbonyl (C=O) groups excluding carboxylic acids is 1. The Balaban J connectivity index is 1.71. The molecule has 3 heterocycles. The van der Waals surface area contributed by atoms with Gasteiger partial charge in [-0.3, -0.25) is 4.79 Å². The van der Waals surface area contributed by atoms with Crippen molar-refractivity contribution in [3.63, 3.8) is 0 Å². The van der Waals surface area contributed by atoms with Gasteiger partial charge in [-0.15, -0.1) is 0 Å².